The number of halogens is 1. The van der Waals surface area contributed by atoms with Crippen LogP contribution in [0.15, 0.2) is 82.2 Å². The number of ether oxygens (including phenoxy) is 1. The Morgan fingerprint density at radius 2 is 1.83 bits per heavy atom. The van der Waals surface area contributed by atoms with E-state index in [1.807, 2.05) is 42.5 Å². The first-order chi connectivity index (χ1) is 14.1. The van der Waals surface area contributed by atoms with E-state index in [0.717, 1.165) is 22.1 Å². The smallest absolute Gasteiger partial charge is 0.208 e. The minimum Gasteiger partial charge on any atom is -0.495 e. The fourth-order valence-corrected chi connectivity index (χ4v) is 3.46. The molecule has 0 amide bonds. The maximum atomic E-state index is 6.30. The van der Waals surface area contributed by atoms with Crippen molar-refractivity contribution in [1.29, 1.82) is 0 Å². The molecule has 0 aliphatic rings. The van der Waals surface area contributed by atoms with Crippen molar-refractivity contribution in [3.8, 4) is 16.9 Å². The zero-order valence-electron chi connectivity index (χ0n) is 16.1. The van der Waals surface area contributed by atoms with Gasteiger partial charge in [0.2, 0.25) is 11.8 Å². The van der Waals surface area contributed by atoms with Crippen molar-refractivity contribution in [1.82, 2.24) is 0 Å². The standard InChI is InChI=1S/C23H20ClN3O2/c1-26-23(25)27(19-14-17(24)11-12-20(19)28-2)21-13-16-9-6-10-18(22(16)29-21)15-7-4-3-5-8-15/h3-14H,1-2H3,(H2,25,26). The van der Waals surface area contributed by atoms with Crippen LogP contribution in [0.3, 0.4) is 0 Å². The van der Waals surface area contributed by atoms with Gasteiger partial charge < -0.3 is 14.9 Å². The normalized spacial score (nSPS) is 11.6. The molecular weight excluding hydrogens is 386 g/mol. The molecule has 0 spiro atoms. The van der Waals surface area contributed by atoms with Crippen LogP contribution >= 0.6 is 11.6 Å². The lowest BCUT2D eigenvalue weighted by molar-refractivity contribution is 0.415. The van der Waals surface area contributed by atoms with E-state index >= 15 is 0 Å². The molecule has 0 saturated carbocycles. The molecule has 0 saturated heterocycles. The van der Waals surface area contributed by atoms with E-state index in [4.69, 9.17) is 26.5 Å². The zero-order valence-corrected chi connectivity index (χ0v) is 16.9. The summed E-state index contributed by atoms with van der Waals surface area (Å²) < 4.78 is 11.8. The number of hydrogen-bond acceptors (Lipinski definition) is 3. The van der Waals surface area contributed by atoms with Gasteiger partial charge in [0.1, 0.15) is 11.3 Å². The molecule has 0 radical (unpaired) electrons. The number of nitrogens with zero attached hydrogens (tertiary/aromatic N) is 2. The molecule has 1 aromatic heterocycles. The van der Waals surface area contributed by atoms with Gasteiger partial charge >= 0.3 is 0 Å². The van der Waals surface area contributed by atoms with Crippen molar-refractivity contribution in [2.45, 2.75) is 0 Å². The Bertz CT molecular complexity index is 1190. The lowest BCUT2D eigenvalue weighted by Gasteiger charge is -2.23. The average molecular weight is 406 g/mol. The second-order valence-electron chi connectivity index (χ2n) is 6.41. The number of benzene rings is 3. The monoisotopic (exact) mass is 405 g/mol. The Labute approximate surface area is 174 Å². The summed E-state index contributed by atoms with van der Waals surface area (Å²) in [5, 5.41) is 1.51. The van der Waals surface area contributed by atoms with Gasteiger partial charge in [-0.1, -0.05) is 60.1 Å². The third-order valence-electron chi connectivity index (χ3n) is 4.68. The largest absolute Gasteiger partial charge is 0.495 e. The van der Waals surface area contributed by atoms with Gasteiger partial charge in [0.15, 0.2) is 0 Å². The molecule has 146 valence electrons. The first kappa shape index (κ1) is 18.9. The summed E-state index contributed by atoms with van der Waals surface area (Å²) in [4.78, 5) is 5.85. The topological polar surface area (TPSA) is 64.0 Å². The maximum absolute atomic E-state index is 6.30. The number of nitrogens with two attached hydrogens (primary N) is 1. The number of para-hydroxylation sites is 1. The fourth-order valence-electron chi connectivity index (χ4n) is 3.30. The fraction of sp³-hybridized carbons (Fsp3) is 0.0870. The van der Waals surface area contributed by atoms with Crippen molar-refractivity contribution in [3.63, 3.8) is 0 Å². The average Bonchev–Trinajstić information content (AvgIpc) is 3.18. The van der Waals surface area contributed by atoms with Crippen LogP contribution in [0.4, 0.5) is 11.6 Å². The summed E-state index contributed by atoms with van der Waals surface area (Å²) in [6.07, 6.45) is 0. The van der Waals surface area contributed by atoms with Gasteiger partial charge in [0.05, 0.1) is 12.8 Å². The predicted octanol–water partition coefficient (Wildman–Crippen LogP) is 5.84. The van der Waals surface area contributed by atoms with E-state index in [0.29, 0.717) is 22.3 Å². The molecule has 3 aromatic carbocycles. The second-order valence-corrected chi connectivity index (χ2v) is 6.84. The highest BCUT2D eigenvalue weighted by Gasteiger charge is 2.22. The second kappa shape index (κ2) is 7.89. The molecule has 2 N–H and O–H groups in total. The van der Waals surface area contributed by atoms with Crippen molar-refractivity contribution in [2.75, 3.05) is 19.1 Å². The molecule has 6 heteroatoms. The van der Waals surface area contributed by atoms with Crippen LogP contribution < -0.4 is 15.4 Å². The van der Waals surface area contributed by atoms with Gasteiger partial charge in [-0.25, -0.2) is 4.90 Å². The van der Waals surface area contributed by atoms with Crippen molar-refractivity contribution < 1.29 is 9.15 Å². The van der Waals surface area contributed by atoms with E-state index in [-0.39, 0.29) is 5.96 Å². The summed E-state index contributed by atoms with van der Waals surface area (Å²) in [6.45, 7) is 0. The molecular formula is C23H20ClN3O2. The molecule has 4 rings (SSSR count). The number of aliphatic imine (C=N–C) groups is 1. The van der Waals surface area contributed by atoms with Crippen LogP contribution in [-0.2, 0) is 0 Å². The number of anilines is 2. The van der Waals surface area contributed by atoms with Crippen LogP contribution in [-0.4, -0.2) is 20.1 Å². The van der Waals surface area contributed by atoms with E-state index in [1.54, 1.807) is 37.3 Å². The molecule has 0 aliphatic carbocycles. The molecule has 1 heterocycles. The highest BCUT2D eigenvalue weighted by Crippen LogP contribution is 2.40. The Morgan fingerprint density at radius 1 is 1.03 bits per heavy atom. The Balaban J connectivity index is 1.92. The molecule has 0 aliphatic heterocycles. The Hall–Kier alpha value is -3.44. The molecule has 4 aromatic rings. The van der Waals surface area contributed by atoms with Crippen molar-refractivity contribution in [3.05, 3.63) is 77.8 Å². The summed E-state index contributed by atoms with van der Waals surface area (Å²) in [5.74, 6) is 1.38. The van der Waals surface area contributed by atoms with Crippen LogP contribution in [0.2, 0.25) is 5.02 Å². The lowest BCUT2D eigenvalue weighted by Crippen LogP contribution is -2.33. The Morgan fingerprint density at radius 3 is 2.55 bits per heavy atom. The third kappa shape index (κ3) is 3.52. The van der Waals surface area contributed by atoms with E-state index in [1.165, 1.54) is 0 Å². The molecule has 5 nitrogen and oxygen atoms in total. The van der Waals surface area contributed by atoms with Crippen molar-refractivity contribution >= 4 is 40.1 Å². The first-order valence-corrected chi connectivity index (χ1v) is 9.44. The maximum Gasteiger partial charge on any atom is 0.208 e. The third-order valence-corrected chi connectivity index (χ3v) is 4.91. The summed E-state index contributed by atoms with van der Waals surface area (Å²) >= 11 is 6.24. The number of methoxy groups -OCH3 is 1. The van der Waals surface area contributed by atoms with Crippen molar-refractivity contribution in [2.24, 2.45) is 10.7 Å². The van der Waals surface area contributed by atoms with E-state index in [2.05, 4.69) is 17.1 Å². The summed E-state index contributed by atoms with van der Waals surface area (Å²) in [7, 11) is 3.22. The molecule has 0 bridgehead atoms. The zero-order chi connectivity index (χ0) is 20.4. The van der Waals surface area contributed by atoms with Gasteiger partial charge in [0, 0.05) is 29.1 Å². The predicted molar refractivity (Wildman–Crippen MR) is 119 cm³/mol. The number of guanidine groups is 1. The van der Waals surface area contributed by atoms with Gasteiger partial charge in [0.25, 0.3) is 0 Å². The Kier molecular flexibility index (Phi) is 5.14. The van der Waals surface area contributed by atoms with Crippen LogP contribution in [0.5, 0.6) is 5.75 Å². The SMILES string of the molecule is CN=C(N)N(c1cc2cccc(-c3ccccc3)c2o1)c1cc(Cl)ccc1OC. The number of hydrogen-bond donors (Lipinski definition) is 1. The van der Waals surface area contributed by atoms with Crippen LogP contribution in [0.1, 0.15) is 0 Å². The highest BCUT2D eigenvalue weighted by atomic mass is 35.5. The quantitative estimate of drug-likeness (QED) is 0.342. The number of furan rings is 1. The molecule has 0 unspecified atom stereocenters. The summed E-state index contributed by atoms with van der Waals surface area (Å²) in [5.41, 5.74) is 9.72. The van der Waals surface area contributed by atoms with E-state index < -0.39 is 0 Å². The molecule has 29 heavy (non-hydrogen) atoms. The number of rotatable bonds is 4. The van der Waals surface area contributed by atoms with Crippen LogP contribution in [0, 0.1) is 0 Å². The van der Waals surface area contributed by atoms with Crippen LogP contribution in [0.25, 0.3) is 22.1 Å². The minimum atomic E-state index is 0.255. The van der Waals surface area contributed by atoms with Gasteiger partial charge in [-0.05, 0) is 23.8 Å². The molecule has 0 fully saturated rings. The van der Waals surface area contributed by atoms with Gasteiger partial charge in [-0.3, -0.25) is 4.99 Å². The lowest BCUT2D eigenvalue weighted by atomic mass is 10.0. The van der Waals surface area contributed by atoms with E-state index in [9.17, 15) is 0 Å². The first-order valence-electron chi connectivity index (χ1n) is 9.06. The number of fused-ring (bicyclic) bond motifs is 1. The summed E-state index contributed by atoms with van der Waals surface area (Å²) in [6, 6.07) is 23.4. The highest BCUT2D eigenvalue weighted by molar-refractivity contribution is 6.31. The van der Waals surface area contributed by atoms with Gasteiger partial charge in [-0.15, -0.1) is 0 Å². The molecule has 0 atom stereocenters. The minimum absolute atomic E-state index is 0.255. The van der Waals surface area contributed by atoms with Gasteiger partial charge in [-0.2, -0.15) is 0 Å².